The molecule has 1 saturated carbocycles. The van der Waals surface area contributed by atoms with Crippen molar-refractivity contribution in [1.29, 1.82) is 0 Å². The Hall–Kier alpha value is -2.02. The lowest BCUT2D eigenvalue weighted by Gasteiger charge is -2.33. The van der Waals surface area contributed by atoms with Crippen molar-refractivity contribution < 1.29 is 17.9 Å². The van der Waals surface area contributed by atoms with Crippen LogP contribution in [0.1, 0.15) is 42.9 Å². The minimum Gasteiger partial charge on any atom is -0.359 e. The topological polar surface area (TPSA) is 63.7 Å². The predicted octanol–water partition coefficient (Wildman–Crippen LogP) is 3.84. The molecule has 2 aromatic carbocycles. The molecule has 0 bridgehead atoms. The average molecular weight is 400 g/mol. The Morgan fingerprint density at radius 2 is 1.71 bits per heavy atom. The van der Waals surface area contributed by atoms with Crippen LogP contribution < -0.4 is 0 Å². The van der Waals surface area contributed by atoms with Crippen LogP contribution in [-0.2, 0) is 19.6 Å². The third-order valence-corrected chi connectivity index (χ3v) is 7.79. The van der Waals surface area contributed by atoms with E-state index in [1.807, 2.05) is 36.4 Å². The summed E-state index contributed by atoms with van der Waals surface area (Å²) < 4.78 is 34.9. The van der Waals surface area contributed by atoms with Crippen LogP contribution in [0.4, 0.5) is 0 Å². The maximum atomic E-state index is 13.7. The number of sulfonamides is 1. The van der Waals surface area contributed by atoms with E-state index < -0.39 is 28.2 Å². The molecule has 0 spiro atoms. The van der Waals surface area contributed by atoms with E-state index in [0.717, 1.165) is 18.4 Å². The smallest absolute Gasteiger partial charge is 0.246 e. The van der Waals surface area contributed by atoms with Crippen LogP contribution in [-0.4, -0.2) is 31.3 Å². The zero-order valence-electron chi connectivity index (χ0n) is 16.0. The zero-order chi connectivity index (χ0) is 19.7. The first-order valence-electron chi connectivity index (χ1n) is 9.78. The highest BCUT2D eigenvalue weighted by molar-refractivity contribution is 7.89. The average Bonchev–Trinajstić information content (AvgIpc) is 3.15. The summed E-state index contributed by atoms with van der Waals surface area (Å²) in [5.74, 6) is -0.295. The molecule has 0 radical (unpaired) electrons. The molecule has 1 aliphatic heterocycles. The lowest BCUT2D eigenvalue weighted by atomic mass is 9.86. The van der Waals surface area contributed by atoms with Crippen LogP contribution in [0.25, 0.3) is 0 Å². The molecular formula is C22H25NO4S. The molecule has 1 saturated heterocycles. The summed E-state index contributed by atoms with van der Waals surface area (Å²) in [5, 5.41) is 0. The van der Waals surface area contributed by atoms with Crippen molar-refractivity contribution in [2.24, 2.45) is 5.92 Å². The molecule has 3 atom stereocenters. The molecule has 2 aliphatic rings. The summed E-state index contributed by atoms with van der Waals surface area (Å²) in [6.07, 6.45) is 2.21. The van der Waals surface area contributed by atoms with E-state index in [-0.39, 0.29) is 17.3 Å². The number of aryl methyl sites for hydroxylation is 1. The number of ketones is 1. The monoisotopic (exact) mass is 399 g/mol. The SMILES string of the molecule is Cc1ccccc1S(=O)(=O)N1[C@@H]([C@H]2CCCCC2=O)OC[C@H]1c1ccccc1. The second kappa shape index (κ2) is 7.78. The highest BCUT2D eigenvalue weighted by Crippen LogP contribution is 2.41. The van der Waals surface area contributed by atoms with Crippen LogP contribution >= 0.6 is 0 Å². The van der Waals surface area contributed by atoms with Crippen molar-refractivity contribution in [3.05, 3.63) is 65.7 Å². The Bertz CT molecular complexity index is 958. The fraction of sp³-hybridized carbons (Fsp3) is 0.409. The van der Waals surface area contributed by atoms with Gasteiger partial charge >= 0.3 is 0 Å². The molecule has 0 unspecified atom stereocenters. The van der Waals surface area contributed by atoms with Crippen molar-refractivity contribution in [2.45, 2.75) is 49.8 Å². The minimum atomic E-state index is -3.83. The number of carbonyl (C=O) groups excluding carboxylic acids is 1. The van der Waals surface area contributed by atoms with Crippen molar-refractivity contribution in [3.8, 4) is 0 Å². The molecule has 148 valence electrons. The number of benzene rings is 2. The van der Waals surface area contributed by atoms with Crippen molar-refractivity contribution >= 4 is 15.8 Å². The van der Waals surface area contributed by atoms with Gasteiger partial charge in [-0.1, -0.05) is 55.0 Å². The molecule has 1 heterocycles. The fourth-order valence-electron chi connectivity index (χ4n) is 4.30. The Morgan fingerprint density at radius 1 is 1.00 bits per heavy atom. The third-order valence-electron chi connectivity index (χ3n) is 5.76. The van der Waals surface area contributed by atoms with Crippen molar-refractivity contribution in [3.63, 3.8) is 0 Å². The molecule has 6 heteroatoms. The highest BCUT2D eigenvalue weighted by Gasteiger charge is 2.49. The van der Waals surface area contributed by atoms with E-state index in [0.29, 0.717) is 18.4 Å². The lowest BCUT2D eigenvalue weighted by Crippen LogP contribution is -2.45. The number of rotatable bonds is 4. The normalized spacial score (nSPS) is 26.5. The molecule has 4 rings (SSSR count). The van der Waals surface area contributed by atoms with Gasteiger partial charge in [0.05, 0.1) is 23.5 Å². The van der Waals surface area contributed by atoms with Gasteiger partial charge in [0.15, 0.2) is 0 Å². The van der Waals surface area contributed by atoms with Crippen molar-refractivity contribution in [1.82, 2.24) is 4.31 Å². The molecule has 1 aliphatic carbocycles. The van der Waals surface area contributed by atoms with Gasteiger partial charge in [-0.2, -0.15) is 4.31 Å². The summed E-state index contributed by atoms with van der Waals surface area (Å²) in [7, 11) is -3.83. The van der Waals surface area contributed by atoms with E-state index in [2.05, 4.69) is 0 Å². The lowest BCUT2D eigenvalue weighted by molar-refractivity contribution is -0.131. The molecule has 0 N–H and O–H groups in total. The summed E-state index contributed by atoms with van der Waals surface area (Å²) in [4.78, 5) is 12.9. The number of hydrogen-bond donors (Lipinski definition) is 0. The van der Waals surface area contributed by atoms with Gasteiger partial charge < -0.3 is 4.74 Å². The summed E-state index contributed by atoms with van der Waals surface area (Å²) >= 11 is 0. The van der Waals surface area contributed by atoms with Gasteiger partial charge in [-0.25, -0.2) is 8.42 Å². The maximum Gasteiger partial charge on any atom is 0.246 e. The first-order valence-corrected chi connectivity index (χ1v) is 11.2. The molecule has 0 amide bonds. The van der Waals surface area contributed by atoms with Crippen LogP contribution in [0.3, 0.4) is 0 Å². The van der Waals surface area contributed by atoms with Gasteiger partial charge in [0.25, 0.3) is 0 Å². The van der Waals surface area contributed by atoms with Gasteiger partial charge in [0.2, 0.25) is 10.0 Å². The molecule has 0 aromatic heterocycles. The Morgan fingerprint density at radius 3 is 2.43 bits per heavy atom. The van der Waals surface area contributed by atoms with E-state index in [1.54, 1.807) is 25.1 Å². The predicted molar refractivity (Wildman–Crippen MR) is 106 cm³/mol. The standard InChI is InChI=1S/C22H25NO4S/c1-16-9-5-8-14-21(16)28(25,26)23-19(17-10-3-2-4-11-17)15-27-22(23)18-12-6-7-13-20(18)24/h2-5,8-11,14,18-19,22H,6-7,12-13,15H2,1H3/t18-,19-,22+/m0/s1. The number of ether oxygens (including phenoxy) is 1. The second-order valence-corrected chi connectivity index (χ2v) is 9.38. The summed E-state index contributed by atoms with van der Waals surface area (Å²) in [6, 6.07) is 16.1. The quantitative estimate of drug-likeness (QED) is 0.784. The van der Waals surface area contributed by atoms with Crippen LogP contribution in [0, 0.1) is 12.8 Å². The van der Waals surface area contributed by atoms with E-state index in [4.69, 9.17) is 4.74 Å². The summed E-state index contributed by atoms with van der Waals surface area (Å²) in [5.41, 5.74) is 1.57. The second-order valence-electron chi connectivity index (χ2n) is 7.57. The minimum absolute atomic E-state index is 0.106. The van der Waals surface area contributed by atoms with Crippen LogP contribution in [0.5, 0.6) is 0 Å². The van der Waals surface area contributed by atoms with Crippen LogP contribution in [0.2, 0.25) is 0 Å². The maximum absolute atomic E-state index is 13.7. The van der Waals surface area contributed by atoms with Gasteiger partial charge in [0.1, 0.15) is 12.0 Å². The highest BCUT2D eigenvalue weighted by atomic mass is 32.2. The van der Waals surface area contributed by atoms with Crippen LogP contribution in [0.15, 0.2) is 59.5 Å². The van der Waals surface area contributed by atoms with Gasteiger partial charge in [-0.05, 0) is 37.0 Å². The molecule has 2 fully saturated rings. The number of hydrogen-bond acceptors (Lipinski definition) is 4. The van der Waals surface area contributed by atoms with Gasteiger partial charge in [-0.15, -0.1) is 0 Å². The zero-order valence-corrected chi connectivity index (χ0v) is 16.8. The van der Waals surface area contributed by atoms with Crippen molar-refractivity contribution in [2.75, 3.05) is 6.61 Å². The number of Topliss-reactive ketones (excluding diaryl/α,β-unsaturated/α-hetero) is 1. The van der Waals surface area contributed by atoms with Gasteiger partial charge in [0, 0.05) is 6.42 Å². The fourth-order valence-corrected chi connectivity index (χ4v) is 6.25. The molecule has 28 heavy (non-hydrogen) atoms. The van der Waals surface area contributed by atoms with Gasteiger partial charge in [-0.3, -0.25) is 4.79 Å². The van der Waals surface area contributed by atoms with E-state index >= 15 is 0 Å². The number of carbonyl (C=O) groups is 1. The Labute approximate surface area is 166 Å². The summed E-state index contributed by atoms with van der Waals surface area (Å²) in [6.45, 7) is 2.05. The number of nitrogens with zero attached hydrogens (tertiary/aromatic N) is 1. The van der Waals surface area contributed by atoms with E-state index in [1.165, 1.54) is 4.31 Å². The molecule has 2 aromatic rings. The third kappa shape index (κ3) is 3.41. The Balaban J connectivity index is 1.80. The van der Waals surface area contributed by atoms with E-state index in [9.17, 15) is 13.2 Å². The largest absolute Gasteiger partial charge is 0.359 e. The molecular weight excluding hydrogens is 374 g/mol. The molecule has 5 nitrogen and oxygen atoms in total. The first kappa shape index (κ1) is 19.3. The Kier molecular flexibility index (Phi) is 5.36. The first-order chi connectivity index (χ1) is 13.5.